The van der Waals surface area contributed by atoms with Gasteiger partial charge in [0.05, 0.1) is 0 Å². The lowest BCUT2D eigenvalue weighted by Gasteiger charge is -2.46. The minimum absolute atomic E-state index is 0.135. The molecule has 0 radical (unpaired) electrons. The van der Waals surface area contributed by atoms with Crippen molar-refractivity contribution in [3.05, 3.63) is 41.0 Å². The third-order valence-electron chi connectivity index (χ3n) is 5.36. The van der Waals surface area contributed by atoms with Crippen molar-refractivity contribution in [2.45, 2.75) is 25.7 Å². The fraction of sp³-hybridized carbons (Fsp3) is 0.474. The molecule has 2 bridgehead atoms. The molecule has 22 heavy (non-hydrogen) atoms. The Morgan fingerprint density at radius 1 is 1.27 bits per heavy atom. The average Bonchev–Trinajstić information content (AvgIpc) is 2.89. The van der Waals surface area contributed by atoms with E-state index in [-0.39, 0.29) is 5.82 Å². The predicted molar refractivity (Wildman–Crippen MR) is 92.7 cm³/mol. The summed E-state index contributed by atoms with van der Waals surface area (Å²) in [6, 6.07) is 5.22. The van der Waals surface area contributed by atoms with E-state index in [1.54, 1.807) is 23.5 Å². The number of fused-ring (bicyclic) bond motifs is 3. The Morgan fingerprint density at radius 2 is 2.05 bits per heavy atom. The molecular formula is C19H22FNS. The van der Waals surface area contributed by atoms with Crippen LogP contribution < -0.4 is 0 Å². The maximum absolute atomic E-state index is 13.4. The molecule has 116 valence electrons. The van der Waals surface area contributed by atoms with Gasteiger partial charge in [-0.2, -0.15) is 0 Å². The first-order chi connectivity index (χ1) is 10.6. The maximum atomic E-state index is 13.4. The molecule has 1 heterocycles. The van der Waals surface area contributed by atoms with Gasteiger partial charge in [0, 0.05) is 22.0 Å². The summed E-state index contributed by atoms with van der Waals surface area (Å²) in [6.45, 7) is 1.14. The Bertz CT molecular complexity index is 735. The van der Waals surface area contributed by atoms with Gasteiger partial charge in [0.15, 0.2) is 0 Å². The molecule has 3 aliphatic rings. The number of halogens is 1. The number of rotatable bonds is 3. The Kier molecular flexibility index (Phi) is 3.39. The molecule has 0 amide bonds. The van der Waals surface area contributed by atoms with Crippen molar-refractivity contribution in [3.8, 4) is 0 Å². The highest BCUT2D eigenvalue weighted by Gasteiger charge is 2.41. The van der Waals surface area contributed by atoms with E-state index in [0.29, 0.717) is 11.3 Å². The second-order valence-corrected chi connectivity index (χ2v) is 8.18. The van der Waals surface area contributed by atoms with Gasteiger partial charge in [0.25, 0.3) is 0 Å². The number of thiophene rings is 1. The van der Waals surface area contributed by atoms with Crippen LogP contribution in [-0.2, 0) is 0 Å². The monoisotopic (exact) mass is 315 g/mol. The third-order valence-corrected chi connectivity index (χ3v) is 6.31. The summed E-state index contributed by atoms with van der Waals surface area (Å²) in [5.41, 5.74) is 3.23. The Hall–Kier alpha value is -1.19. The van der Waals surface area contributed by atoms with Gasteiger partial charge in [-0.1, -0.05) is 12.1 Å². The zero-order valence-corrected chi connectivity index (χ0v) is 14.0. The summed E-state index contributed by atoms with van der Waals surface area (Å²) < 4.78 is 14.5. The molecule has 0 aliphatic heterocycles. The van der Waals surface area contributed by atoms with Crippen LogP contribution in [0.15, 0.2) is 29.7 Å². The van der Waals surface area contributed by atoms with E-state index >= 15 is 0 Å². The van der Waals surface area contributed by atoms with Crippen molar-refractivity contribution in [1.82, 2.24) is 4.90 Å². The molecule has 3 aliphatic carbocycles. The number of hydrogen-bond donors (Lipinski definition) is 0. The van der Waals surface area contributed by atoms with Crippen LogP contribution in [0.3, 0.4) is 0 Å². The SMILES string of the molecule is CN(C)CC12C=C(c3csc4cc(F)ccc34)C(CC1)CC2. The summed E-state index contributed by atoms with van der Waals surface area (Å²) in [5.74, 6) is 0.566. The van der Waals surface area contributed by atoms with Gasteiger partial charge in [-0.3, -0.25) is 0 Å². The summed E-state index contributed by atoms with van der Waals surface area (Å²) in [5, 5.41) is 3.46. The summed E-state index contributed by atoms with van der Waals surface area (Å²) in [7, 11) is 4.34. The lowest BCUT2D eigenvalue weighted by molar-refractivity contribution is 0.157. The molecule has 0 unspecified atom stereocenters. The van der Waals surface area contributed by atoms with Crippen LogP contribution in [0.25, 0.3) is 15.7 Å². The quantitative estimate of drug-likeness (QED) is 0.755. The number of allylic oxidation sites excluding steroid dienone is 1. The second kappa shape index (κ2) is 5.17. The van der Waals surface area contributed by atoms with E-state index in [1.807, 2.05) is 6.07 Å². The van der Waals surface area contributed by atoms with Crippen LogP contribution in [-0.4, -0.2) is 25.5 Å². The van der Waals surface area contributed by atoms with E-state index in [0.717, 1.165) is 11.2 Å². The van der Waals surface area contributed by atoms with Crippen molar-refractivity contribution in [2.75, 3.05) is 20.6 Å². The average molecular weight is 315 g/mol. The molecule has 1 aromatic carbocycles. The Balaban J connectivity index is 1.80. The highest BCUT2D eigenvalue weighted by molar-refractivity contribution is 7.17. The standard InChI is InChI=1S/C19H22FNS/c1-21(2)12-19-7-5-13(6-8-19)16(10-19)17-11-22-18-9-14(20)3-4-15(17)18/h3-4,9-11,13H,5-8,12H2,1-2H3. The molecule has 0 spiro atoms. The maximum Gasteiger partial charge on any atom is 0.124 e. The van der Waals surface area contributed by atoms with Gasteiger partial charge in [-0.05, 0) is 74.3 Å². The van der Waals surface area contributed by atoms with Gasteiger partial charge < -0.3 is 4.90 Å². The zero-order valence-electron chi connectivity index (χ0n) is 13.2. The summed E-state index contributed by atoms with van der Waals surface area (Å²) >= 11 is 1.67. The van der Waals surface area contributed by atoms with Crippen LogP contribution in [0.1, 0.15) is 31.2 Å². The van der Waals surface area contributed by atoms with Crippen molar-refractivity contribution >= 4 is 27.0 Å². The smallest absolute Gasteiger partial charge is 0.124 e. The highest BCUT2D eigenvalue weighted by atomic mass is 32.1. The van der Waals surface area contributed by atoms with Gasteiger partial charge in [-0.15, -0.1) is 11.3 Å². The lowest BCUT2D eigenvalue weighted by Crippen LogP contribution is -2.39. The van der Waals surface area contributed by atoms with Crippen molar-refractivity contribution in [2.24, 2.45) is 11.3 Å². The van der Waals surface area contributed by atoms with Crippen LogP contribution in [0.5, 0.6) is 0 Å². The van der Waals surface area contributed by atoms with Crippen molar-refractivity contribution < 1.29 is 4.39 Å². The molecule has 1 aromatic heterocycles. The third kappa shape index (κ3) is 2.31. The molecule has 2 aromatic rings. The first-order valence-corrected chi connectivity index (χ1v) is 8.99. The minimum Gasteiger partial charge on any atom is -0.309 e. The van der Waals surface area contributed by atoms with E-state index in [1.165, 1.54) is 42.2 Å². The van der Waals surface area contributed by atoms with Crippen molar-refractivity contribution in [3.63, 3.8) is 0 Å². The van der Waals surface area contributed by atoms with E-state index in [4.69, 9.17) is 0 Å². The second-order valence-electron chi connectivity index (χ2n) is 7.26. The number of hydrogen-bond acceptors (Lipinski definition) is 2. The summed E-state index contributed by atoms with van der Waals surface area (Å²) in [4.78, 5) is 2.32. The van der Waals surface area contributed by atoms with Gasteiger partial charge >= 0.3 is 0 Å². The topological polar surface area (TPSA) is 3.24 Å². The predicted octanol–water partition coefficient (Wildman–Crippen LogP) is 5.18. The van der Waals surface area contributed by atoms with Gasteiger partial charge in [-0.25, -0.2) is 4.39 Å². The first kappa shape index (κ1) is 14.4. The lowest BCUT2D eigenvalue weighted by atomic mass is 9.61. The van der Waals surface area contributed by atoms with Gasteiger partial charge in [0.2, 0.25) is 0 Å². The number of benzene rings is 1. The van der Waals surface area contributed by atoms with E-state index in [9.17, 15) is 4.39 Å². The Labute approximate surface area is 135 Å². The molecule has 1 fully saturated rings. The molecule has 0 atom stereocenters. The first-order valence-electron chi connectivity index (χ1n) is 8.11. The van der Waals surface area contributed by atoms with E-state index in [2.05, 4.69) is 30.5 Å². The normalized spacial score (nSPS) is 27.6. The summed E-state index contributed by atoms with van der Waals surface area (Å²) in [6.07, 6.45) is 7.80. The van der Waals surface area contributed by atoms with Gasteiger partial charge in [0.1, 0.15) is 5.82 Å². The fourth-order valence-electron chi connectivity index (χ4n) is 4.45. The molecule has 3 heteroatoms. The molecular weight excluding hydrogens is 293 g/mol. The largest absolute Gasteiger partial charge is 0.309 e. The fourth-order valence-corrected chi connectivity index (χ4v) is 5.45. The molecule has 0 saturated heterocycles. The van der Waals surface area contributed by atoms with Crippen LogP contribution >= 0.6 is 11.3 Å². The molecule has 0 N–H and O–H groups in total. The zero-order chi connectivity index (χ0) is 15.3. The van der Waals surface area contributed by atoms with Crippen molar-refractivity contribution in [1.29, 1.82) is 0 Å². The molecule has 5 rings (SSSR count). The Morgan fingerprint density at radius 3 is 2.77 bits per heavy atom. The van der Waals surface area contributed by atoms with Crippen LogP contribution in [0.4, 0.5) is 4.39 Å². The van der Waals surface area contributed by atoms with Crippen LogP contribution in [0.2, 0.25) is 0 Å². The molecule has 1 saturated carbocycles. The van der Waals surface area contributed by atoms with Crippen LogP contribution in [0, 0.1) is 17.2 Å². The van der Waals surface area contributed by atoms with E-state index < -0.39 is 0 Å². The number of nitrogens with zero attached hydrogens (tertiary/aromatic N) is 1. The molecule has 1 nitrogen and oxygen atoms in total. The highest BCUT2D eigenvalue weighted by Crippen LogP contribution is 2.53. The minimum atomic E-state index is -0.135.